The van der Waals surface area contributed by atoms with Crippen molar-refractivity contribution in [2.45, 2.75) is 25.5 Å². The Kier molecular flexibility index (Phi) is 5.10. The van der Waals surface area contributed by atoms with Gasteiger partial charge in [0.15, 0.2) is 0 Å². The van der Waals surface area contributed by atoms with E-state index < -0.39 is 6.10 Å². The van der Waals surface area contributed by atoms with Gasteiger partial charge in [-0.15, -0.1) is 0 Å². The molecule has 1 aliphatic heterocycles. The SMILES string of the molecule is CCc1ccc(C2COCCN2CC(O)c2ccccc2F)o1. The zero-order valence-electron chi connectivity index (χ0n) is 13.2. The fourth-order valence-electron chi connectivity index (χ4n) is 2.95. The van der Waals surface area contributed by atoms with Gasteiger partial charge in [-0.25, -0.2) is 4.39 Å². The molecule has 3 rings (SSSR count). The van der Waals surface area contributed by atoms with Crippen molar-refractivity contribution in [2.75, 3.05) is 26.3 Å². The third kappa shape index (κ3) is 3.63. The topological polar surface area (TPSA) is 45.8 Å². The number of aliphatic hydroxyl groups is 1. The Bertz CT molecular complexity index is 643. The van der Waals surface area contributed by atoms with Crippen LogP contribution in [0.5, 0.6) is 0 Å². The molecule has 4 nitrogen and oxygen atoms in total. The Labute approximate surface area is 135 Å². The monoisotopic (exact) mass is 319 g/mol. The first-order valence-electron chi connectivity index (χ1n) is 8.02. The minimum absolute atomic E-state index is 0.0505. The molecule has 1 aliphatic rings. The van der Waals surface area contributed by atoms with E-state index in [-0.39, 0.29) is 11.9 Å². The van der Waals surface area contributed by atoms with Gasteiger partial charge in [-0.2, -0.15) is 0 Å². The molecular weight excluding hydrogens is 297 g/mol. The number of aryl methyl sites for hydroxylation is 1. The van der Waals surface area contributed by atoms with E-state index in [0.717, 1.165) is 17.9 Å². The number of rotatable bonds is 5. The molecule has 2 heterocycles. The number of aliphatic hydroxyl groups excluding tert-OH is 1. The van der Waals surface area contributed by atoms with Crippen LogP contribution in [0.2, 0.25) is 0 Å². The Morgan fingerprint density at radius 1 is 1.30 bits per heavy atom. The summed E-state index contributed by atoms with van der Waals surface area (Å²) in [5.41, 5.74) is 0.325. The van der Waals surface area contributed by atoms with Crippen LogP contribution in [0.25, 0.3) is 0 Å². The summed E-state index contributed by atoms with van der Waals surface area (Å²) in [6, 6.07) is 10.2. The van der Waals surface area contributed by atoms with Crippen LogP contribution in [0.4, 0.5) is 4.39 Å². The first-order valence-corrected chi connectivity index (χ1v) is 8.02. The predicted octanol–water partition coefficient (Wildman–Crippen LogP) is 3.09. The maximum absolute atomic E-state index is 13.8. The fraction of sp³-hybridized carbons (Fsp3) is 0.444. The highest BCUT2D eigenvalue weighted by Gasteiger charge is 2.29. The molecule has 2 aromatic rings. The number of morpholine rings is 1. The van der Waals surface area contributed by atoms with Gasteiger partial charge in [0.1, 0.15) is 17.3 Å². The number of hydrogen-bond acceptors (Lipinski definition) is 4. The van der Waals surface area contributed by atoms with Crippen LogP contribution in [-0.4, -0.2) is 36.3 Å². The molecule has 1 saturated heterocycles. The Morgan fingerprint density at radius 3 is 2.87 bits per heavy atom. The molecule has 0 saturated carbocycles. The number of β-amino-alcohol motifs (C(OH)–C–C–N with tert-alkyl or cyclic N) is 1. The lowest BCUT2D eigenvalue weighted by Gasteiger charge is -2.35. The lowest BCUT2D eigenvalue weighted by Crippen LogP contribution is -2.41. The highest BCUT2D eigenvalue weighted by Crippen LogP contribution is 2.28. The molecule has 0 radical (unpaired) electrons. The second kappa shape index (κ2) is 7.25. The van der Waals surface area contributed by atoms with Crippen LogP contribution in [-0.2, 0) is 11.2 Å². The summed E-state index contributed by atoms with van der Waals surface area (Å²) >= 11 is 0. The molecule has 5 heteroatoms. The summed E-state index contributed by atoms with van der Waals surface area (Å²) in [7, 11) is 0. The van der Waals surface area contributed by atoms with Crippen LogP contribution in [0.1, 0.15) is 36.2 Å². The molecule has 0 bridgehead atoms. The van der Waals surface area contributed by atoms with Crippen molar-refractivity contribution in [3.8, 4) is 0 Å². The van der Waals surface area contributed by atoms with Crippen molar-refractivity contribution < 1.29 is 18.7 Å². The van der Waals surface area contributed by atoms with Gasteiger partial charge in [0.2, 0.25) is 0 Å². The second-order valence-corrected chi connectivity index (χ2v) is 5.78. The molecule has 1 aromatic heterocycles. The summed E-state index contributed by atoms with van der Waals surface area (Å²) in [6.07, 6.45) is -0.0387. The highest BCUT2D eigenvalue weighted by atomic mass is 19.1. The van der Waals surface area contributed by atoms with Gasteiger partial charge < -0.3 is 14.3 Å². The van der Waals surface area contributed by atoms with Crippen molar-refractivity contribution in [1.29, 1.82) is 0 Å². The molecule has 1 N–H and O–H groups in total. The van der Waals surface area contributed by atoms with E-state index >= 15 is 0 Å². The number of benzene rings is 1. The van der Waals surface area contributed by atoms with E-state index in [1.807, 2.05) is 19.1 Å². The van der Waals surface area contributed by atoms with Crippen LogP contribution in [0.15, 0.2) is 40.8 Å². The summed E-state index contributed by atoms with van der Waals surface area (Å²) in [5.74, 6) is 1.39. The fourth-order valence-corrected chi connectivity index (χ4v) is 2.95. The quantitative estimate of drug-likeness (QED) is 0.920. The van der Waals surface area contributed by atoms with Gasteiger partial charge in [0, 0.05) is 25.1 Å². The number of nitrogens with zero attached hydrogens (tertiary/aromatic N) is 1. The first kappa shape index (κ1) is 16.2. The van der Waals surface area contributed by atoms with Crippen molar-refractivity contribution in [2.24, 2.45) is 0 Å². The van der Waals surface area contributed by atoms with Gasteiger partial charge in [0.25, 0.3) is 0 Å². The van der Waals surface area contributed by atoms with Crippen LogP contribution >= 0.6 is 0 Å². The molecule has 0 spiro atoms. The molecule has 124 valence electrons. The van der Waals surface area contributed by atoms with Crippen molar-refractivity contribution in [3.63, 3.8) is 0 Å². The van der Waals surface area contributed by atoms with Gasteiger partial charge in [-0.05, 0) is 18.2 Å². The first-order chi connectivity index (χ1) is 11.2. The van der Waals surface area contributed by atoms with Gasteiger partial charge in [-0.3, -0.25) is 4.90 Å². The third-order valence-corrected chi connectivity index (χ3v) is 4.27. The van der Waals surface area contributed by atoms with Crippen molar-refractivity contribution in [1.82, 2.24) is 4.90 Å². The van der Waals surface area contributed by atoms with E-state index in [9.17, 15) is 9.50 Å². The van der Waals surface area contributed by atoms with E-state index in [0.29, 0.717) is 31.9 Å². The minimum Gasteiger partial charge on any atom is -0.464 e. The zero-order valence-corrected chi connectivity index (χ0v) is 13.2. The summed E-state index contributed by atoms with van der Waals surface area (Å²) in [4.78, 5) is 2.10. The predicted molar refractivity (Wildman–Crippen MR) is 84.6 cm³/mol. The van der Waals surface area contributed by atoms with Crippen LogP contribution in [0, 0.1) is 5.82 Å². The van der Waals surface area contributed by atoms with E-state index in [2.05, 4.69) is 4.90 Å². The van der Waals surface area contributed by atoms with Gasteiger partial charge in [-0.1, -0.05) is 25.1 Å². The molecule has 0 amide bonds. The maximum atomic E-state index is 13.8. The molecule has 23 heavy (non-hydrogen) atoms. The van der Waals surface area contributed by atoms with E-state index in [1.54, 1.807) is 18.2 Å². The average Bonchev–Trinajstić information content (AvgIpc) is 3.04. The summed E-state index contributed by atoms with van der Waals surface area (Å²) < 4.78 is 25.2. The number of hydrogen-bond donors (Lipinski definition) is 1. The van der Waals surface area contributed by atoms with Crippen molar-refractivity contribution in [3.05, 3.63) is 59.3 Å². The Balaban J connectivity index is 1.75. The Morgan fingerprint density at radius 2 is 2.13 bits per heavy atom. The van der Waals surface area contributed by atoms with Crippen LogP contribution in [0.3, 0.4) is 0 Å². The smallest absolute Gasteiger partial charge is 0.129 e. The number of ether oxygens (including phenoxy) is 1. The average molecular weight is 319 g/mol. The van der Waals surface area contributed by atoms with Gasteiger partial charge in [0.05, 0.1) is 25.4 Å². The normalized spacial score (nSPS) is 20.6. The maximum Gasteiger partial charge on any atom is 0.129 e. The second-order valence-electron chi connectivity index (χ2n) is 5.78. The molecular formula is C18H22FNO3. The lowest BCUT2D eigenvalue weighted by molar-refractivity contribution is -0.0352. The highest BCUT2D eigenvalue weighted by molar-refractivity contribution is 5.20. The standard InChI is InChI=1S/C18H22FNO3/c1-2-13-7-8-18(23-13)16-12-22-10-9-20(16)11-17(21)14-5-3-4-6-15(14)19/h3-8,16-17,21H,2,9-12H2,1H3. The lowest BCUT2D eigenvalue weighted by atomic mass is 10.1. The molecule has 2 atom stereocenters. The zero-order chi connectivity index (χ0) is 16.2. The molecule has 1 fully saturated rings. The van der Waals surface area contributed by atoms with Gasteiger partial charge >= 0.3 is 0 Å². The third-order valence-electron chi connectivity index (χ3n) is 4.27. The summed E-state index contributed by atoms with van der Waals surface area (Å²) in [5, 5.41) is 10.4. The minimum atomic E-state index is -0.877. The molecule has 1 aromatic carbocycles. The molecule has 2 unspecified atom stereocenters. The van der Waals surface area contributed by atoms with E-state index in [4.69, 9.17) is 9.15 Å². The number of halogens is 1. The van der Waals surface area contributed by atoms with Crippen molar-refractivity contribution >= 4 is 0 Å². The summed E-state index contributed by atoms with van der Waals surface area (Å²) in [6.45, 7) is 4.18. The Hall–Kier alpha value is -1.69. The van der Waals surface area contributed by atoms with Crippen LogP contribution < -0.4 is 0 Å². The largest absolute Gasteiger partial charge is 0.464 e. The number of furan rings is 1. The molecule has 0 aliphatic carbocycles. The van der Waals surface area contributed by atoms with E-state index in [1.165, 1.54) is 6.07 Å².